The monoisotopic (exact) mass is 341 g/mol. The number of amides is 1. The summed E-state index contributed by atoms with van der Waals surface area (Å²) in [6, 6.07) is 9.99. The van der Waals surface area contributed by atoms with Gasteiger partial charge in [0.1, 0.15) is 5.76 Å². The summed E-state index contributed by atoms with van der Waals surface area (Å²) < 4.78 is 5.84. The first-order chi connectivity index (χ1) is 12.2. The normalized spacial score (nSPS) is 15.5. The molecule has 1 aliphatic rings. The minimum atomic E-state index is 0.297. The molecule has 0 unspecified atom stereocenters. The van der Waals surface area contributed by atoms with Crippen LogP contribution in [0.5, 0.6) is 0 Å². The molecule has 0 N–H and O–H groups in total. The summed E-state index contributed by atoms with van der Waals surface area (Å²) in [7, 11) is 0. The number of benzene rings is 1. The minimum Gasteiger partial charge on any atom is -0.441 e. The molecule has 0 atom stereocenters. The summed E-state index contributed by atoms with van der Waals surface area (Å²) in [5.41, 5.74) is 1.99. The van der Waals surface area contributed by atoms with E-state index < -0.39 is 0 Å². The van der Waals surface area contributed by atoms with Crippen LogP contribution in [0.3, 0.4) is 0 Å². The fourth-order valence-corrected chi connectivity index (χ4v) is 3.13. The van der Waals surface area contributed by atoms with Crippen LogP contribution in [-0.2, 0) is 11.3 Å². The average Bonchev–Trinajstić information content (AvgIpc) is 3.01. The summed E-state index contributed by atoms with van der Waals surface area (Å²) in [4.78, 5) is 21.1. The van der Waals surface area contributed by atoms with Gasteiger partial charge in [0.25, 0.3) is 0 Å². The van der Waals surface area contributed by atoms with E-state index >= 15 is 0 Å². The van der Waals surface area contributed by atoms with Gasteiger partial charge in [-0.1, -0.05) is 31.5 Å². The molecular weight excluding hydrogens is 314 g/mol. The molecule has 1 aliphatic heterocycles. The molecule has 0 radical (unpaired) electrons. The number of aromatic nitrogens is 1. The lowest BCUT2D eigenvalue weighted by Crippen LogP contribution is -2.48. The molecule has 1 aromatic heterocycles. The number of aryl methyl sites for hydroxylation is 1. The quantitative estimate of drug-likeness (QED) is 0.807. The summed E-state index contributed by atoms with van der Waals surface area (Å²) >= 11 is 0. The first-order valence-electron chi connectivity index (χ1n) is 9.19. The Morgan fingerprint density at radius 3 is 2.56 bits per heavy atom. The van der Waals surface area contributed by atoms with Gasteiger partial charge >= 0.3 is 0 Å². The van der Waals surface area contributed by atoms with E-state index in [1.54, 1.807) is 0 Å². The van der Waals surface area contributed by atoms with Gasteiger partial charge in [0.05, 0.1) is 5.69 Å². The van der Waals surface area contributed by atoms with Crippen molar-refractivity contribution in [2.24, 2.45) is 0 Å². The smallest absolute Gasteiger partial charge is 0.226 e. The Morgan fingerprint density at radius 2 is 1.88 bits per heavy atom. The Bertz CT molecular complexity index is 688. The summed E-state index contributed by atoms with van der Waals surface area (Å²) in [6.45, 7) is 8.28. The van der Waals surface area contributed by atoms with Gasteiger partial charge < -0.3 is 9.32 Å². The first-order valence-corrected chi connectivity index (χ1v) is 9.19. The van der Waals surface area contributed by atoms with E-state index in [2.05, 4.69) is 16.8 Å². The second-order valence-electron chi connectivity index (χ2n) is 6.65. The number of rotatable bonds is 6. The van der Waals surface area contributed by atoms with Crippen molar-refractivity contribution < 1.29 is 9.21 Å². The van der Waals surface area contributed by atoms with E-state index in [4.69, 9.17) is 4.42 Å². The first kappa shape index (κ1) is 17.7. The fraction of sp³-hybridized carbons (Fsp3) is 0.500. The van der Waals surface area contributed by atoms with Gasteiger partial charge in [-0.05, 0) is 25.5 Å². The molecule has 25 heavy (non-hydrogen) atoms. The van der Waals surface area contributed by atoms with Crippen LogP contribution in [0.1, 0.15) is 37.6 Å². The standard InChI is InChI=1S/C20H27N3O2/c1-3-4-10-19(24)23-13-11-22(12-14-23)15-18-16(2)25-20(21-18)17-8-6-5-7-9-17/h5-9H,3-4,10-15H2,1-2H3. The van der Waals surface area contributed by atoms with Crippen molar-refractivity contribution >= 4 is 5.91 Å². The van der Waals surface area contributed by atoms with Gasteiger partial charge in [-0.15, -0.1) is 0 Å². The van der Waals surface area contributed by atoms with Crippen LogP contribution in [0.25, 0.3) is 11.5 Å². The van der Waals surface area contributed by atoms with Crippen LogP contribution < -0.4 is 0 Å². The van der Waals surface area contributed by atoms with Crippen molar-refractivity contribution in [2.75, 3.05) is 26.2 Å². The third-order valence-electron chi connectivity index (χ3n) is 4.76. The number of unbranched alkanes of at least 4 members (excludes halogenated alkanes) is 1. The van der Waals surface area contributed by atoms with Crippen LogP contribution in [-0.4, -0.2) is 46.9 Å². The number of carbonyl (C=O) groups is 1. The number of hydrogen-bond acceptors (Lipinski definition) is 4. The molecule has 0 saturated carbocycles. The maximum absolute atomic E-state index is 12.1. The molecule has 3 rings (SSSR count). The Labute approximate surface area is 149 Å². The molecule has 1 amide bonds. The Morgan fingerprint density at radius 1 is 1.16 bits per heavy atom. The zero-order valence-corrected chi connectivity index (χ0v) is 15.2. The third kappa shape index (κ3) is 4.48. The second-order valence-corrected chi connectivity index (χ2v) is 6.65. The van der Waals surface area contributed by atoms with Crippen molar-refractivity contribution in [1.82, 2.24) is 14.8 Å². The van der Waals surface area contributed by atoms with Gasteiger partial charge in [-0.2, -0.15) is 0 Å². The van der Waals surface area contributed by atoms with Crippen LogP contribution in [0.15, 0.2) is 34.7 Å². The topological polar surface area (TPSA) is 49.6 Å². The molecule has 1 saturated heterocycles. The number of nitrogens with zero attached hydrogens (tertiary/aromatic N) is 3. The third-order valence-corrected chi connectivity index (χ3v) is 4.76. The molecule has 2 heterocycles. The Kier molecular flexibility index (Phi) is 5.87. The highest BCUT2D eigenvalue weighted by Gasteiger charge is 2.22. The number of oxazole rings is 1. The zero-order chi connectivity index (χ0) is 17.6. The highest BCUT2D eigenvalue weighted by atomic mass is 16.4. The van der Waals surface area contributed by atoms with Crippen LogP contribution in [0.2, 0.25) is 0 Å². The van der Waals surface area contributed by atoms with Crippen LogP contribution in [0, 0.1) is 6.92 Å². The average molecular weight is 341 g/mol. The number of hydrogen-bond donors (Lipinski definition) is 0. The van der Waals surface area contributed by atoms with Gasteiger partial charge in [0.15, 0.2) is 0 Å². The van der Waals surface area contributed by atoms with E-state index in [0.717, 1.165) is 62.6 Å². The molecule has 0 bridgehead atoms. The van der Waals surface area contributed by atoms with E-state index in [0.29, 0.717) is 18.2 Å². The van der Waals surface area contributed by atoms with Crippen molar-refractivity contribution in [2.45, 2.75) is 39.7 Å². The fourth-order valence-electron chi connectivity index (χ4n) is 3.13. The van der Waals surface area contributed by atoms with E-state index in [-0.39, 0.29) is 0 Å². The van der Waals surface area contributed by atoms with Crippen molar-refractivity contribution in [1.29, 1.82) is 0 Å². The summed E-state index contributed by atoms with van der Waals surface area (Å²) in [6.07, 6.45) is 2.74. The lowest BCUT2D eigenvalue weighted by molar-refractivity contribution is -0.133. The maximum atomic E-state index is 12.1. The minimum absolute atomic E-state index is 0.297. The van der Waals surface area contributed by atoms with Crippen molar-refractivity contribution in [3.8, 4) is 11.5 Å². The Balaban J connectivity index is 1.56. The van der Waals surface area contributed by atoms with E-state index in [1.807, 2.05) is 42.2 Å². The Hall–Kier alpha value is -2.14. The lowest BCUT2D eigenvalue weighted by Gasteiger charge is -2.34. The number of piperazine rings is 1. The molecule has 0 aliphatic carbocycles. The van der Waals surface area contributed by atoms with E-state index in [9.17, 15) is 4.79 Å². The summed E-state index contributed by atoms with van der Waals surface area (Å²) in [5, 5.41) is 0. The van der Waals surface area contributed by atoms with Crippen molar-refractivity contribution in [3.05, 3.63) is 41.8 Å². The molecule has 1 aromatic carbocycles. The maximum Gasteiger partial charge on any atom is 0.226 e. The lowest BCUT2D eigenvalue weighted by atomic mass is 10.2. The van der Waals surface area contributed by atoms with Crippen LogP contribution >= 0.6 is 0 Å². The number of carbonyl (C=O) groups excluding carboxylic acids is 1. The van der Waals surface area contributed by atoms with E-state index in [1.165, 1.54) is 0 Å². The SMILES string of the molecule is CCCCC(=O)N1CCN(Cc2nc(-c3ccccc3)oc2C)CC1. The van der Waals surface area contributed by atoms with Crippen LogP contribution in [0.4, 0.5) is 0 Å². The molecule has 2 aromatic rings. The highest BCUT2D eigenvalue weighted by Crippen LogP contribution is 2.22. The molecule has 0 spiro atoms. The predicted molar refractivity (Wildman–Crippen MR) is 98.1 cm³/mol. The highest BCUT2D eigenvalue weighted by molar-refractivity contribution is 5.76. The molecule has 5 heteroatoms. The summed E-state index contributed by atoms with van der Waals surface area (Å²) in [5.74, 6) is 1.85. The van der Waals surface area contributed by atoms with Gasteiger partial charge in [0, 0.05) is 44.7 Å². The predicted octanol–water partition coefficient (Wildman–Crippen LogP) is 3.48. The molecular formula is C20H27N3O2. The molecule has 5 nitrogen and oxygen atoms in total. The van der Waals surface area contributed by atoms with Gasteiger partial charge in [-0.3, -0.25) is 9.69 Å². The van der Waals surface area contributed by atoms with Gasteiger partial charge in [0.2, 0.25) is 11.8 Å². The largest absolute Gasteiger partial charge is 0.441 e. The second kappa shape index (κ2) is 8.30. The molecule has 134 valence electrons. The van der Waals surface area contributed by atoms with Gasteiger partial charge in [-0.25, -0.2) is 4.98 Å². The molecule has 1 fully saturated rings. The zero-order valence-electron chi connectivity index (χ0n) is 15.2. The van der Waals surface area contributed by atoms with Crippen molar-refractivity contribution in [3.63, 3.8) is 0 Å².